The highest BCUT2D eigenvalue weighted by Crippen LogP contribution is 2.04. The number of nitrogens with zero attached hydrogens (tertiary/aromatic N) is 2. The predicted molar refractivity (Wildman–Crippen MR) is 77.0 cm³/mol. The van der Waals surface area contributed by atoms with Gasteiger partial charge in [-0.3, -0.25) is 0 Å². The monoisotopic (exact) mass is 261 g/mol. The zero-order chi connectivity index (χ0) is 13.5. The lowest BCUT2D eigenvalue weighted by Crippen LogP contribution is -2.41. The number of hydrogen-bond donors (Lipinski definition) is 1. The molecule has 1 N–H and O–H groups in total. The molecule has 1 saturated heterocycles. The van der Waals surface area contributed by atoms with Crippen LogP contribution in [0.15, 0.2) is 30.3 Å². The van der Waals surface area contributed by atoms with Gasteiger partial charge in [0.05, 0.1) is 0 Å². The Bertz CT molecular complexity index is 394. The topological polar surface area (TPSA) is 35.6 Å². The minimum Gasteiger partial charge on any atom is -0.334 e. The molecule has 0 aromatic heterocycles. The average Bonchev–Trinajstić information content (AvgIpc) is 2.71. The number of nitrogens with one attached hydrogen (secondary N) is 1. The second-order valence-electron chi connectivity index (χ2n) is 4.92. The summed E-state index contributed by atoms with van der Waals surface area (Å²) in [7, 11) is 0. The van der Waals surface area contributed by atoms with Crippen LogP contribution in [0.1, 0.15) is 18.9 Å². The van der Waals surface area contributed by atoms with E-state index in [-0.39, 0.29) is 6.03 Å². The van der Waals surface area contributed by atoms with Gasteiger partial charge in [-0.1, -0.05) is 37.3 Å². The Morgan fingerprint density at radius 3 is 2.68 bits per heavy atom. The average molecular weight is 261 g/mol. The summed E-state index contributed by atoms with van der Waals surface area (Å²) in [4.78, 5) is 16.4. The first kappa shape index (κ1) is 13.9. The molecule has 4 heteroatoms. The van der Waals surface area contributed by atoms with Gasteiger partial charge in [-0.05, 0) is 25.1 Å². The van der Waals surface area contributed by atoms with Crippen molar-refractivity contribution < 1.29 is 4.79 Å². The maximum Gasteiger partial charge on any atom is 0.317 e. The van der Waals surface area contributed by atoms with Crippen molar-refractivity contribution in [3.63, 3.8) is 0 Å². The molecule has 2 amide bonds. The summed E-state index contributed by atoms with van der Waals surface area (Å²) in [6, 6.07) is 10.1. The van der Waals surface area contributed by atoms with Gasteiger partial charge >= 0.3 is 6.03 Å². The number of carbonyl (C=O) groups is 1. The SMILES string of the molecule is CCN1CCCN(C(=O)NCc2ccccc2)CC1. The van der Waals surface area contributed by atoms with Crippen LogP contribution in [-0.2, 0) is 6.54 Å². The normalized spacial score (nSPS) is 17.0. The quantitative estimate of drug-likeness (QED) is 0.902. The van der Waals surface area contributed by atoms with Gasteiger partial charge in [-0.2, -0.15) is 0 Å². The fourth-order valence-electron chi connectivity index (χ4n) is 2.38. The Morgan fingerprint density at radius 2 is 1.95 bits per heavy atom. The highest BCUT2D eigenvalue weighted by atomic mass is 16.2. The summed E-state index contributed by atoms with van der Waals surface area (Å²) >= 11 is 0. The molecule has 1 aliphatic rings. The maximum absolute atomic E-state index is 12.1. The molecule has 19 heavy (non-hydrogen) atoms. The van der Waals surface area contributed by atoms with Crippen LogP contribution in [-0.4, -0.2) is 48.6 Å². The van der Waals surface area contributed by atoms with Crippen molar-refractivity contribution in [3.8, 4) is 0 Å². The van der Waals surface area contributed by atoms with E-state index in [0.29, 0.717) is 6.54 Å². The van der Waals surface area contributed by atoms with E-state index in [2.05, 4.69) is 17.1 Å². The Labute approximate surface area is 115 Å². The Morgan fingerprint density at radius 1 is 1.16 bits per heavy atom. The summed E-state index contributed by atoms with van der Waals surface area (Å²) < 4.78 is 0. The maximum atomic E-state index is 12.1. The molecule has 0 bridgehead atoms. The smallest absolute Gasteiger partial charge is 0.317 e. The number of urea groups is 1. The molecular weight excluding hydrogens is 238 g/mol. The van der Waals surface area contributed by atoms with Crippen LogP contribution in [0.2, 0.25) is 0 Å². The van der Waals surface area contributed by atoms with Crippen LogP contribution in [0.4, 0.5) is 4.79 Å². The van der Waals surface area contributed by atoms with Crippen molar-refractivity contribution >= 4 is 6.03 Å². The molecular formula is C15H23N3O. The van der Waals surface area contributed by atoms with Crippen LogP contribution in [0.25, 0.3) is 0 Å². The van der Waals surface area contributed by atoms with Gasteiger partial charge in [0.25, 0.3) is 0 Å². The van der Waals surface area contributed by atoms with Crippen molar-refractivity contribution in [1.82, 2.24) is 15.1 Å². The standard InChI is InChI=1S/C15H23N3O/c1-2-17-9-6-10-18(12-11-17)15(19)16-13-14-7-4-3-5-8-14/h3-5,7-8H,2,6,9-13H2,1H3,(H,16,19). The Hall–Kier alpha value is -1.55. The van der Waals surface area contributed by atoms with Crippen molar-refractivity contribution in [2.45, 2.75) is 19.9 Å². The molecule has 0 aliphatic carbocycles. The summed E-state index contributed by atoms with van der Waals surface area (Å²) in [6.07, 6.45) is 1.06. The molecule has 1 fully saturated rings. The first-order chi connectivity index (χ1) is 9.29. The number of hydrogen-bond acceptors (Lipinski definition) is 2. The second-order valence-corrected chi connectivity index (χ2v) is 4.92. The van der Waals surface area contributed by atoms with Gasteiger partial charge < -0.3 is 15.1 Å². The van der Waals surface area contributed by atoms with E-state index >= 15 is 0 Å². The fourth-order valence-corrected chi connectivity index (χ4v) is 2.38. The highest BCUT2D eigenvalue weighted by molar-refractivity contribution is 5.74. The van der Waals surface area contributed by atoms with Gasteiger partial charge in [-0.25, -0.2) is 4.79 Å². The van der Waals surface area contributed by atoms with E-state index in [1.165, 1.54) is 0 Å². The second kappa shape index (κ2) is 7.14. The van der Waals surface area contributed by atoms with Crippen molar-refractivity contribution in [2.75, 3.05) is 32.7 Å². The molecule has 2 rings (SSSR count). The van der Waals surface area contributed by atoms with Gasteiger partial charge in [0.1, 0.15) is 0 Å². The zero-order valence-electron chi connectivity index (χ0n) is 11.6. The third-order valence-electron chi connectivity index (χ3n) is 3.61. The number of rotatable bonds is 3. The summed E-state index contributed by atoms with van der Waals surface area (Å²) in [5.41, 5.74) is 1.14. The molecule has 1 aromatic carbocycles. The molecule has 1 heterocycles. The van der Waals surface area contributed by atoms with Gasteiger partial charge in [0.2, 0.25) is 0 Å². The van der Waals surface area contributed by atoms with Crippen LogP contribution >= 0.6 is 0 Å². The molecule has 1 aromatic rings. The Kier molecular flexibility index (Phi) is 5.21. The largest absolute Gasteiger partial charge is 0.334 e. The van der Waals surface area contributed by atoms with E-state index in [0.717, 1.165) is 44.7 Å². The molecule has 0 spiro atoms. The van der Waals surface area contributed by atoms with E-state index in [9.17, 15) is 4.79 Å². The summed E-state index contributed by atoms with van der Waals surface area (Å²) in [5, 5.41) is 3.00. The molecule has 0 unspecified atom stereocenters. The molecule has 0 radical (unpaired) electrons. The van der Waals surface area contributed by atoms with Crippen LogP contribution < -0.4 is 5.32 Å². The number of likely N-dealkylation sites (N-methyl/N-ethyl adjacent to an activating group) is 1. The lowest BCUT2D eigenvalue weighted by atomic mass is 10.2. The lowest BCUT2D eigenvalue weighted by Gasteiger charge is -2.21. The van der Waals surface area contributed by atoms with E-state index in [4.69, 9.17) is 0 Å². The molecule has 4 nitrogen and oxygen atoms in total. The fraction of sp³-hybridized carbons (Fsp3) is 0.533. The first-order valence-corrected chi connectivity index (χ1v) is 7.08. The number of amides is 2. The van der Waals surface area contributed by atoms with E-state index in [1.54, 1.807) is 0 Å². The predicted octanol–water partition coefficient (Wildman–Crippen LogP) is 1.92. The minimum atomic E-state index is 0.0572. The van der Waals surface area contributed by atoms with Crippen molar-refractivity contribution in [3.05, 3.63) is 35.9 Å². The van der Waals surface area contributed by atoms with Gasteiger partial charge in [-0.15, -0.1) is 0 Å². The van der Waals surface area contributed by atoms with Crippen molar-refractivity contribution in [2.24, 2.45) is 0 Å². The lowest BCUT2D eigenvalue weighted by molar-refractivity contribution is 0.198. The third kappa shape index (κ3) is 4.24. The first-order valence-electron chi connectivity index (χ1n) is 7.08. The minimum absolute atomic E-state index is 0.0572. The molecule has 1 aliphatic heterocycles. The van der Waals surface area contributed by atoms with E-state index < -0.39 is 0 Å². The Balaban J connectivity index is 1.79. The summed E-state index contributed by atoms with van der Waals surface area (Å²) in [5.74, 6) is 0. The van der Waals surface area contributed by atoms with Crippen LogP contribution in [0, 0.1) is 0 Å². The molecule has 0 saturated carbocycles. The van der Waals surface area contributed by atoms with Crippen molar-refractivity contribution in [1.29, 1.82) is 0 Å². The highest BCUT2D eigenvalue weighted by Gasteiger charge is 2.17. The molecule has 0 atom stereocenters. The third-order valence-corrected chi connectivity index (χ3v) is 3.61. The number of carbonyl (C=O) groups excluding carboxylic acids is 1. The van der Waals surface area contributed by atoms with Gasteiger partial charge in [0, 0.05) is 26.2 Å². The number of benzene rings is 1. The summed E-state index contributed by atoms with van der Waals surface area (Å²) in [6.45, 7) is 7.61. The van der Waals surface area contributed by atoms with Crippen LogP contribution in [0.5, 0.6) is 0 Å². The van der Waals surface area contributed by atoms with Crippen LogP contribution in [0.3, 0.4) is 0 Å². The van der Waals surface area contributed by atoms with Gasteiger partial charge in [0.15, 0.2) is 0 Å². The zero-order valence-corrected chi connectivity index (χ0v) is 11.6. The van der Waals surface area contributed by atoms with E-state index in [1.807, 2.05) is 35.2 Å². The molecule has 104 valence electrons.